The molecular weight excluding hydrogens is 254 g/mol. The van der Waals surface area contributed by atoms with Crippen LogP contribution in [0.1, 0.15) is 29.1 Å². The molecule has 1 aromatic rings. The van der Waals surface area contributed by atoms with Crippen molar-refractivity contribution in [2.24, 2.45) is 0 Å². The minimum absolute atomic E-state index is 0.161. The number of carbonyl (C=O) groups is 2. The molecular formula is C12H17NO4S. The van der Waals surface area contributed by atoms with E-state index in [4.69, 9.17) is 9.84 Å². The second-order valence-corrected chi connectivity index (χ2v) is 5.04. The topological polar surface area (TPSA) is 66.8 Å². The van der Waals surface area contributed by atoms with Crippen molar-refractivity contribution >= 4 is 23.2 Å². The third kappa shape index (κ3) is 3.54. The van der Waals surface area contributed by atoms with Crippen LogP contribution in [0.3, 0.4) is 0 Å². The smallest absolute Gasteiger partial charge is 0.323 e. The Kier molecular flexibility index (Phi) is 5.30. The van der Waals surface area contributed by atoms with Crippen molar-refractivity contribution in [3.05, 3.63) is 21.9 Å². The lowest BCUT2D eigenvalue weighted by Gasteiger charge is -2.24. The summed E-state index contributed by atoms with van der Waals surface area (Å²) in [5.41, 5.74) is 0.795. The highest BCUT2D eigenvalue weighted by atomic mass is 32.1. The number of aliphatic carboxylic acids is 1. The molecule has 0 saturated carbocycles. The summed E-state index contributed by atoms with van der Waals surface area (Å²) >= 11 is 1.31. The quantitative estimate of drug-likeness (QED) is 0.857. The summed E-state index contributed by atoms with van der Waals surface area (Å²) in [6.45, 7) is 3.65. The monoisotopic (exact) mass is 271 g/mol. The van der Waals surface area contributed by atoms with Gasteiger partial charge in [-0.3, -0.25) is 9.59 Å². The van der Waals surface area contributed by atoms with E-state index >= 15 is 0 Å². The number of carbonyl (C=O) groups excluding carboxylic acids is 1. The number of carboxylic acids is 1. The molecule has 0 aliphatic carbocycles. The standard InChI is InChI=1S/C12H17NO4S/c1-8(2)13(6-10(14)15)12(16)11-9(7-17-3)4-5-18-11/h4-5,8H,6-7H2,1-3H3,(H,14,15). The Balaban J connectivity index is 2.94. The van der Waals surface area contributed by atoms with Gasteiger partial charge in [0.15, 0.2) is 0 Å². The van der Waals surface area contributed by atoms with Crippen LogP contribution in [-0.4, -0.2) is 41.6 Å². The fourth-order valence-corrected chi connectivity index (χ4v) is 2.42. The van der Waals surface area contributed by atoms with Crippen LogP contribution in [0.4, 0.5) is 0 Å². The predicted molar refractivity (Wildman–Crippen MR) is 68.8 cm³/mol. The largest absolute Gasteiger partial charge is 0.480 e. The van der Waals surface area contributed by atoms with Crippen LogP contribution in [-0.2, 0) is 16.1 Å². The van der Waals surface area contributed by atoms with Gasteiger partial charge in [-0.1, -0.05) is 0 Å². The third-order valence-corrected chi connectivity index (χ3v) is 3.38. The molecule has 18 heavy (non-hydrogen) atoms. The number of ether oxygens (including phenoxy) is 1. The van der Waals surface area contributed by atoms with Gasteiger partial charge in [0.1, 0.15) is 6.54 Å². The van der Waals surface area contributed by atoms with Crippen LogP contribution in [0.2, 0.25) is 0 Å². The molecule has 0 bridgehead atoms. The lowest BCUT2D eigenvalue weighted by atomic mass is 10.2. The molecule has 0 aromatic carbocycles. The lowest BCUT2D eigenvalue weighted by Crippen LogP contribution is -2.40. The fourth-order valence-electron chi connectivity index (χ4n) is 1.56. The normalized spacial score (nSPS) is 10.7. The summed E-state index contributed by atoms with van der Waals surface area (Å²) < 4.78 is 5.02. The average Bonchev–Trinajstić information content (AvgIpc) is 2.73. The van der Waals surface area contributed by atoms with Crippen molar-refractivity contribution in [3.8, 4) is 0 Å². The molecule has 100 valence electrons. The first-order chi connectivity index (χ1) is 8.47. The number of hydrogen-bond acceptors (Lipinski definition) is 4. The number of amides is 1. The Morgan fingerprint density at radius 1 is 1.50 bits per heavy atom. The second kappa shape index (κ2) is 6.51. The number of nitrogens with zero attached hydrogens (tertiary/aromatic N) is 1. The molecule has 5 nitrogen and oxygen atoms in total. The Morgan fingerprint density at radius 3 is 2.67 bits per heavy atom. The molecule has 0 aliphatic rings. The van der Waals surface area contributed by atoms with E-state index < -0.39 is 5.97 Å². The zero-order valence-corrected chi connectivity index (χ0v) is 11.5. The van der Waals surface area contributed by atoms with Crippen LogP contribution in [0.25, 0.3) is 0 Å². The van der Waals surface area contributed by atoms with Gasteiger partial charge in [0.25, 0.3) is 5.91 Å². The van der Waals surface area contributed by atoms with Crippen LogP contribution in [0, 0.1) is 0 Å². The number of hydrogen-bond donors (Lipinski definition) is 1. The maximum Gasteiger partial charge on any atom is 0.323 e. The molecule has 0 saturated heterocycles. The first-order valence-corrected chi connectivity index (χ1v) is 6.43. The van der Waals surface area contributed by atoms with E-state index in [2.05, 4.69) is 0 Å². The summed E-state index contributed by atoms with van der Waals surface area (Å²) in [5.74, 6) is -1.27. The van der Waals surface area contributed by atoms with Crippen LogP contribution >= 0.6 is 11.3 Å². The van der Waals surface area contributed by atoms with Crippen molar-refractivity contribution in [1.82, 2.24) is 4.90 Å². The van der Waals surface area contributed by atoms with E-state index in [1.54, 1.807) is 26.3 Å². The van der Waals surface area contributed by atoms with Crippen LogP contribution in [0.15, 0.2) is 11.4 Å². The van der Waals surface area contributed by atoms with E-state index in [-0.39, 0.29) is 18.5 Å². The van der Waals surface area contributed by atoms with E-state index in [1.165, 1.54) is 16.2 Å². The number of rotatable bonds is 6. The summed E-state index contributed by atoms with van der Waals surface area (Å²) in [6, 6.07) is 1.66. The van der Waals surface area contributed by atoms with Gasteiger partial charge in [-0.25, -0.2) is 0 Å². The van der Waals surface area contributed by atoms with Crippen molar-refractivity contribution in [2.75, 3.05) is 13.7 Å². The van der Waals surface area contributed by atoms with Crippen LogP contribution < -0.4 is 0 Å². The molecule has 0 spiro atoms. The van der Waals surface area contributed by atoms with E-state index in [0.29, 0.717) is 11.5 Å². The molecule has 1 N–H and O–H groups in total. The summed E-state index contributed by atoms with van der Waals surface area (Å²) in [4.78, 5) is 25.0. The minimum Gasteiger partial charge on any atom is -0.480 e. The van der Waals surface area contributed by atoms with Crippen molar-refractivity contribution in [2.45, 2.75) is 26.5 Å². The summed E-state index contributed by atoms with van der Waals surface area (Å²) in [6.07, 6.45) is 0. The van der Waals surface area contributed by atoms with Gasteiger partial charge in [-0.2, -0.15) is 0 Å². The molecule has 6 heteroatoms. The summed E-state index contributed by atoms with van der Waals surface area (Å²) in [7, 11) is 1.56. The molecule has 0 radical (unpaired) electrons. The van der Waals surface area contributed by atoms with Gasteiger partial charge < -0.3 is 14.7 Å². The highest BCUT2D eigenvalue weighted by Crippen LogP contribution is 2.20. The third-order valence-electron chi connectivity index (χ3n) is 2.43. The molecule has 1 heterocycles. The van der Waals surface area contributed by atoms with Crippen LogP contribution in [0.5, 0.6) is 0 Å². The van der Waals surface area contributed by atoms with Crippen molar-refractivity contribution in [1.29, 1.82) is 0 Å². The molecule has 1 rings (SSSR count). The zero-order valence-electron chi connectivity index (χ0n) is 10.7. The first-order valence-electron chi connectivity index (χ1n) is 5.55. The maximum absolute atomic E-state index is 12.3. The maximum atomic E-state index is 12.3. The van der Waals surface area contributed by atoms with Gasteiger partial charge in [-0.05, 0) is 25.3 Å². The molecule has 0 unspecified atom stereocenters. The molecule has 1 amide bonds. The van der Waals surface area contributed by atoms with E-state index in [1.807, 2.05) is 6.07 Å². The van der Waals surface area contributed by atoms with Crippen molar-refractivity contribution in [3.63, 3.8) is 0 Å². The zero-order chi connectivity index (χ0) is 13.7. The van der Waals surface area contributed by atoms with E-state index in [9.17, 15) is 9.59 Å². The van der Waals surface area contributed by atoms with E-state index in [0.717, 1.165) is 5.56 Å². The van der Waals surface area contributed by atoms with Gasteiger partial charge >= 0.3 is 5.97 Å². The summed E-state index contributed by atoms with van der Waals surface area (Å²) in [5, 5.41) is 10.6. The minimum atomic E-state index is -1.01. The Labute approximate surface area is 110 Å². The highest BCUT2D eigenvalue weighted by molar-refractivity contribution is 7.12. The Morgan fingerprint density at radius 2 is 2.17 bits per heavy atom. The number of methoxy groups -OCH3 is 1. The Hall–Kier alpha value is -1.40. The van der Waals surface area contributed by atoms with Gasteiger partial charge in [-0.15, -0.1) is 11.3 Å². The van der Waals surface area contributed by atoms with Crippen molar-refractivity contribution < 1.29 is 19.4 Å². The second-order valence-electron chi connectivity index (χ2n) is 4.13. The average molecular weight is 271 g/mol. The van der Waals surface area contributed by atoms with Gasteiger partial charge in [0.2, 0.25) is 0 Å². The Bertz CT molecular complexity index is 427. The number of carboxylic acid groups (broad SMARTS) is 1. The molecule has 0 fully saturated rings. The lowest BCUT2D eigenvalue weighted by molar-refractivity contribution is -0.138. The first kappa shape index (κ1) is 14.7. The highest BCUT2D eigenvalue weighted by Gasteiger charge is 2.24. The number of thiophene rings is 1. The van der Waals surface area contributed by atoms with Gasteiger partial charge in [0.05, 0.1) is 11.5 Å². The predicted octanol–water partition coefficient (Wildman–Crippen LogP) is 1.83. The molecule has 0 atom stereocenters. The molecule has 1 aromatic heterocycles. The fraction of sp³-hybridized carbons (Fsp3) is 0.500. The molecule has 0 aliphatic heterocycles. The van der Waals surface area contributed by atoms with Gasteiger partial charge in [0, 0.05) is 18.7 Å². The SMILES string of the molecule is COCc1ccsc1C(=O)N(CC(=O)O)C(C)C.